The van der Waals surface area contributed by atoms with Gasteiger partial charge in [-0.25, -0.2) is 9.50 Å². The van der Waals surface area contributed by atoms with Crippen molar-refractivity contribution >= 4 is 39.0 Å². The van der Waals surface area contributed by atoms with Crippen LogP contribution < -0.4 is 0 Å². The number of imidazole rings is 1. The summed E-state index contributed by atoms with van der Waals surface area (Å²) in [7, 11) is 0. The third-order valence-electron chi connectivity index (χ3n) is 2.00. The number of ketones is 1. The fraction of sp³-hybridized carbons (Fsp3) is 0.222. The first-order valence-electron chi connectivity index (χ1n) is 4.24. The van der Waals surface area contributed by atoms with Gasteiger partial charge in [-0.1, -0.05) is 27.5 Å². The molecule has 78 valence electrons. The minimum atomic E-state index is -0.0604. The lowest BCUT2D eigenvalue weighted by Crippen LogP contribution is -2.08. The molecule has 2 heterocycles. The number of Topliss-reactive ketones (excluding diaryl/α,β-unsaturated/α-hetero) is 1. The van der Waals surface area contributed by atoms with Crippen LogP contribution in [0.3, 0.4) is 0 Å². The number of aryl methyl sites for hydroxylation is 1. The predicted octanol–water partition coefficient (Wildman–Crippen LogP) is 2.27. The van der Waals surface area contributed by atoms with Gasteiger partial charge in [0.2, 0.25) is 0 Å². The zero-order valence-electron chi connectivity index (χ0n) is 7.87. The Bertz CT molecular complexity index is 537. The first-order chi connectivity index (χ1) is 7.13. The monoisotopic (exact) mass is 287 g/mol. The second-order valence-electron chi connectivity index (χ2n) is 3.03. The number of carbonyl (C=O) groups excluding carboxylic acids is 1. The molecule has 0 saturated heterocycles. The number of hydrogen-bond donors (Lipinski definition) is 0. The van der Waals surface area contributed by atoms with Crippen LogP contribution in [0.15, 0.2) is 12.1 Å². The highest BCUT2D eigenvalue weighted by Gasteiger charge is 2.16. The van der Waals surface area contributed by atoms with Crippen molar-refractivity contribution in [3.8, 4) is 0 Å². The van der Waals surface area contributed by atoms with Crippen molar-refractivity contribution < 1.29 is 4.79 Å². The molecule has 0 aromatic carbocycles. The molecule has 2 rings (SSSR count). The summed E-state index contributed by atoms with van der Waals surface area (Å²) >= 11 is 8.89. The maximum absolute atomic E-state index is 11.6. The van der Waals surface area contributed by atoms with Crippen LogP contribution in [0.25, 0.3) is 5.65 Å². The molecule has 0 unspecified atom stereocenters. The number of fused-ring (bicyclic) bond motifs is 1. The van der Waals surface area contributed by atoms with Gasteiger partial charge in [-0.3, -0.25) is 4.79 Å². The number of aromatic nitrogens is 3. The summed E-state index contributed by atoms with van der Waals surface area (Å²) in [6.45, 7) is 1.78. The molecular weight excluding hydrogens is 281 g/mol. The van der Waals surface area contributed by atoms with Gasteiger partial charge in [-0.2, -0.15) is 5.10 Å². The van der Waals surface area contributed by atoms with E-state index in [9.17, 15) is 4.79 Å². The van der Waals surface area contributed by atoms with Crippen LogP contribution in [0, 0.1) is 6.92 Å². The van der Waals surface area contributed by atoms with Gasteiger partial charge >= 0.3 is 0 Å². The van der Waals surface area contributed by atoms with E-state index in [4.69, 9.17) is 11.6 Å². The molecule has 0 spiro atoms. The van der Waals surface area contributed by atoms with Gasteiger partial charge in [0.25, 0.3) is 0 Å². The molecule has 2 aromatic heterocycles. The van der Waals surface area contributed by atoms with Gasteiger partial charge in [0, 0.05) is 0 Å². The Balaban J connectivity index is 2.76. The topological polar surface area (TPSA) is 47.3 Å². The van der Waals surface area contributed by atoms with E-state index in [1.165, 1.54) is 4.52 Å². The zero-order valence-corrected chi connectivity index (χ0v) is 10.2. The van der Waals surface area contributed by atoms with Crippen molar-refractivity contribution in [2.75, 3.05) is 5.33 Å². The van der Waals surface area contributed by atoms with E-state index in [0.29, 0.717) is 22.2 Å². The third-order valence-corrected chi connectivity index (χ3v) is 2.72. The van der Waals surface area contributed by atoms with Crippen molar-refractivity contribution in [3.63, 3.8) is 0 Å². The van der Waals surface area contributed by atoms with E-state index < -0.39 is 0 Å². The molecule has 0 aliphatic heterocycles. The lowest BCUT2D eigenvalue weighted by atomic mass is 10.3. The summed E-state index contributed by atoms with van der Waals surface area (Å²) < 4.78 is 1.47. The summed E-state index contributed by atoms with van der Waals surface area (Å²) in [5.74, 6) is -0.0604. The normalized spacial score (nSPS) is 10.9. The van der Waals surface area contributed by atoms with Crippen LogP contribution in [0.4, 0.5) is 0 Å². The molecule has 0 atom stereocenters. The Labute approximate surface area is 99.4 Å². The molecule has 4 nitrogen and oxygen atoms in total. The third kappa shape index (κ3) is 1.77. The van der Waals surface area contributed by atoms with Gasteiger partial charge in [0.1, 0.15) is 10.8 Å². The van der Waals surface area contributed by atoms with Crippen molar-refractivity contribution in [2.24, 2.45) is 0 Å². The Morgan fingerprint density at radius 1 is 1.60 bits per heavy atom. The second kappa shape index (κ2) is 3.90. The first-order valence-corrected chi connectivity index (χ1v) is 5.74. The van der Waals surface area contributed by atoms with Crippen LogP contribution in [-0.2, 0) is 0 Å². The van der Waals surface area contributed by atoms with E-state index in [1.54, 1.807) is 19.1 Å². The fourth-order valence-corrected chi connectivity index (χ4v) is 1.81. The van der Waals surface area contributed by atoms with Crippen molar-refractivity contribution in [2.45, 2.75) is 6.92 Å². The maximum atomic E-state index is 11.6. The summed E-state index contributed by atoms with van der Waals surface area (Å²) in [4.78, 5) is 15.9. The lowest BCUT2D eigenvalue weighted by Gasteiger charge is -1.98. The van der Waals surface area contributed by atoms with E-state index in [1.807, 2.05) is 0 Å². The summed E-state index contributed by atoms with van der Waals surface area (Å²) in [5.41, 5.74) is 1.76. The van der Waals surface area contributed by atoms with Gasteiger partial charge < -0.3 is 0 Å². The maximum Gasteiger partial charge on any atom is 0.193 e. The minimum Gasteiger partial charge on any atom is -0.291 e. The van der Waals surface area contributed by atoms with Crippen molar-refractivity contribution in [1.82, 2.24) is 14.6 Å². The number of carbonyl (C=O) groups is 1. The molecule has 0 bridgehead atoms. The molecule has 0 aliphatic rings. The fourth-order valence-electron chi connectivity index (χ4n) is 1.40. The van der Waals surface area contributed by atoms with Crippen LogP contribution >= 0.6 is 27.5 Å². The largest absolute Gasteiger partial charge is 0.291 e. The van der Waals surface area contributed by atoms with Gasteiger partial charge in [0.15, 0.2) is 11.4 Å². The average Bonchev–Trinajstić information content (AvgIpc) is 2.52. The van der Waals surface area contributed by atoms with Crippen molar-refractivity contribution in [1.29, 1.82) is 0 Å². The van der Waals surface area contributed by atoms with Gasteiger partial charge in [-0.05, 0) is 19.1 Å². The Morgan fingerprint density at radius 3 is 3.00 bits per heavy atom. The molecular formula is C9H7BrClN3O. The van der Waals surface area contributed by atoms with E-state index in [-0.39, 0.29) is 11.1 Å². The second-order valence-corrected chi connectivity index (χ2v) is 3.98. The smallest absolute Gasteiger partial charge is 0.193 e. The molecule has 2 aromatic rings. The molecule has 0 saturated carbocycles. The molecule has 0 fully saturated rings. The number of halogens is 2. The van der Waals surface area contributed by atoms with Gasteiger partial charge in [0.05, 0.1) is 11.0 Å². The molecule has 0 amide bonds. The predicted molar refractivity (Wildman–Crippen MR) is 60.9 cm³/mol. The molecule has 0 N–H and O–H groups in total. The van der Waals surface area contributed by atoms with E-state index in [0.717, 1.165) is 0 Å². The lowest BCUT2D eigenvalue weighted by molar-refractivity contribution is 0.101. The van der Waals surface area contributed by atoms with Crippen LogP contribution in [-0.4, -0.2) is 25.7 Å². The number of alkyl halides is 1. The zero-order chi connectivity index (χ0) is 11.0. The molecule has 0 aliphatic carbocycles. The highest BCUT2D eigenvalue weighted by molar-refractivity contribution is 9.09. The van der Waals surface area contributed by atoms with Crippen LogP contribution in [0.5, 0.6) is 0 Å². The summed E-state index contributed by atoms with van der Waals surface area (Å²) in [6, 6.07) is 3.37. The quantitative estimate of drug-likeness (QED) is 0.629. The highest BCUT2D eigenvalue weighted by Crippen LogP contribution is 2.14. The van der Waals surface area contributed by atoms with Crippen LogP contribution in [0.2, 0.25) is 5.15 Å². The van der Waals surface area contributed by atoms with Gasteiger partial charge in [-0.15, -0.1) is 0 Å². The number of hydrogen-bond acceptors (Lipinski definition) is 3. The number of nitrogens with zero attached hydrogens (tertiary/aromatic N) is 3. The molecule has 15 heavy (non-hydrogen) atoms. The standard InChI is InChI=1S/C9H7BrClN3O/c1-5-9(6(15)4-10)14-8(12-5)3-2-7(11)13-14/h2-3H,4H2,1H3. The van der Waals surface area contributed by atoms with Crippen LogP contribution in [0.1, 0.15) is 16.2 Å². The highest BCUT2D eigenvalue weighted by atomic mass is 79.9. The summed E-state index contributed by atoms with van der Waals surface area (Å²) in [6.07, 6.45) is 0. The molecule has 0 radical (unpaired) electrons. The Morgan fingerprint density at radius 2 is 2.33 bits per heavy atom. The van der Waals surface area contributed by atoms with E-state index >= 15 is 0 Å². The minimum absolute atomic E-state index is 0.0604. The average molecular weight is 289 g/mol. The SMILES string of the molecule is Cc1nc2ccc(Cl)nn2c1C(=O)CBr. The summed E-state index contributed by atoms with van der Waals surface area (Å²) in [5, 5.41) is 4.63. The Hall–Kier alpha value is -0.940. The van der Waals surface area contributed by atoms with E-state index in [2.05, 4.69) is 26.0 Å². The molecule has 6 heteroatoms. The Kier molecular flexibility index (Phi) is 2.75. The number of rotatable bonds is 2. The van der Waals surface area contributed by atoms with Crippen molar-refractivity contribution in [3.05, 3.63) is 28.7 Å². The first kappa shape index (κ1) is 10.6.